The molecule has 2 heteroatoms. The molecule has 17 heavy (non-hydrogen) atoms. The molecule has 0 rings (SSSR count). The smallest absolute Gasteiger partial charge is 0.306 e. The fraction of sp³-hybridized carbons (Fsp3) is 0.800. The minimum absolute atomic E-state index is 0.0570. The number of hydrogen-bond donors (Lipinski definition) is 0. The van der Waals surface area contributed by atoms with Crippen molar-refractivity contribution in [3.05, 3.63) is 12.2 Å². The number of hydrogen-bond acceptors (Lipinski definition) is 2. The van der Waals surface area contributed by atoms with E-state index in [2.05, 4.69) is 19.1 Å². The van der Waals surface area contributed by atoms with Crippen LogP contribution in [0.4, 0.5) is 0 Å². The first-order valence-corrected chi connectivity index (χ1v) is 6.97. The second-order valence-corrected chi connectivity index (χ2v) is 4.93. The molecule has 0 fully saturated rings. The quantitative estimate of drug-likeness (QED) is 0.319. The maximum atomic E-state index is 11.2. The largest absolute Gasteiger partial charge is 0.466 e. The zero-order chi connectivity index (χ0) is 12.9. The summed E-state index contributed by atoms with van der Waals surface area (Å²) >= 11 is 0. The van der Waals surface area contributed by atoms with Crippen LogP contribution in [0.1, 0.15) is 65.7 Å². The van der Waals surface area contributed by atoms with Gasteiger partial charge in [-0.1, -0.05) is 45.8 Å². The van der Waals surface area contributed by atoms with Gasteiger partial charge in [0.25, 0.3) is 0 Å². The van der Waals surface area contributed by atoms with E-state index in [0.29, 0.717) is 18.9 Å². The third-order valence-electron chi connectivity index (χ3n) is 2.49. The van der Waals surface area contributed by atoms with Gasteiger partial charge >= 0.3 is 5.97 Å². The Morgan fingerprint density at radius 1 is 1.12 bits per heavy atom. The van der Waals surface area contributed by atoms with Gasteiger partial charge in [0, 0.05) is 6.42 Å². The Kier molecular flexibility index (Phi) is 11.1. The molecule has 0 N–H and O–H groups in total. The van der Waals surface area contributed by atoms with Crippen molar-refractivity contribution >= 4 is 5.97 Å². The maximum absolute atomic E-state index is 11.2. The summed E-state index contributed by atoms with van der Waals surface area (Å²) in [6.45, 7) is 6.85. The first-order valence-electron chi connectivity index (χ1n) is 6.97. The highest BCUT2D eigenvalue weighted by Gasteiger charge is 2.04. The standard InChI is InChI=1S/C15H28O2/c1-4-5-6-7-8-9-10-11-12-17-15(16)13-14(2)3/h7-8,14H,4-6,9-13H2,1-3H3/b8-7+. The molecule has 0 amide bonds. The van der Waals surface area contributed by atoms with Gasteiger partial charge in [-0.15, -0.1) is 0 Å². The topological polar surface area (TPSA) is 26.3 Å². The van der Waals surface area contributed by atoms with Gasteiger partial charge in [0.2, 0.25) is 0 Å². The van der Waals surface area contributed by atoms with Crippen LogP contribution in [0, 0.1) is 5.92 Å². The predicted molar refractivity (Wildman–Crippen MR) is 72.9 cm³/mol. The Labute approximate surface area is 106 Å². The fourth-order valence-corrected chi connectivity index (χ4v) is 1.50. The number of allylic oxidation sites excluding steroid dienone is 2. The van der Waals surface area contributed by atoms with Crippen LogP contribution in [0.3, 0.4) is 0 Å². The Morgan fingerprint density at radius 2 is 1.76 bits per heavy atom. The third kappa shape index (κ3) is 13.1. The molecule has 0 heterocycles. The summed E-state index contributed by atoms with van der Waals surface area (Å²) < 4.78 is 5.13. The van der Waals surface area contributed by atoms with Gasteiger partial charge in [-0.2, -0.15) is 0 Å². The zero-order valence-electron chi connectivity index (χ0n) is 11.7. The van der Waals surface area contributed by atoms with Crippen molar-refractivity contribution in [1.82, 2.24) is 0 Å². The maximum Gasteiger partial charge on any atom is 0.306 e. The van der Waals surface area contributed by atoms with E-state index in [-0.39, 0.29) is 5.97 Å². The van der Waals surface area contributed by atoms with Gasteiger partial charge in [-0.05, 0) is 31.6 Å². The lowest BCUT2D eigenvalue weighted by atomic mass is 10.1. The molecule has 100 valence electrons. The molecule has 0 radical (unpaired) electrons. The van der Waals surface area contributed by atoms with Crippen molar-refractivity contribution in [3.63, 3.8) is 0 Å². The van der Waals surface area contributed by atoms with Gasteiger partial charge in [-0.3, -0.25) is 4.79 Å². The number of carbonyl (C=O) groups excluding carboxylic acids is 1. The van der Waals surface area contributed by atoms with Crippen LogP contribution in [-0.2, 0) is 9.53 Å². The number of unbranched alkanes of at least 4 members (excludes halogenated alkanes) is 4. The molecular formula is C15H28O2. The van der Waals surface area contributed by atoms with E-state index in [9.17, 15) is 4.79 Å². The van der Waals surface area contributed by atoms with Crippen LogP contribution >= 0.6 is 0 Å². The lowest BCUT2D eigenvalue weighted by Crippen LogP contribution is -2.08. The van der Waals surface area contributed by atoms with E-state index in [1.54, 1.807) is 0 Å². The van der Waals surface area contributed by atoms with Crippen molar-refractivity contribution in [1.29, 1.82) is 0 Å². The van der Waals surface area contributed by atoms with Crippen LogP contribution in [0.2, 0.25) is 0 Å². The van der Waals surface area contributed by atoms with Gasteiger partial charge in [-0.25, -0.2) is 0 Å². The summed E-state index contributed by atoms with van der Waals surface area (Å²) in [7, 11) is 0. The fourth-order valence-electron chi connectivity index (χ4n) is 1.50. The van der Waals surface area contributed by atoms with Crippen molar-refractivity contribution in [2.45, 2.75) is 65.7 Å². The summed E-state index contributed by atoms with van der Waals surface area (Å²) in [6, 6.07) is 0. The number of esters is 1. The summed E-state index contributed by atoms with van der Waals surface area (Å²) in [4.78, 5) is 11.2. The highest BCUT2D eigenvalue weighted by atomic mass is 16.5. The average molecular weight is 240 g/mol. The van der Waals surface area contributed by atoms with Crippen LogP contribution in [0.5, 0.6) is 0 Å². The molecule has 2 nitrogen and oxygen atoms in total. The van der Waals surface area contributed by atoms with Crippen molar-refractivity contribution in [2.24, 2.45) is 5.92 Å². The number of ether oxygens (including phenoxy) is 1. The summed E-state index contributed by atoms with van der Waals surface area (Å²) in [5, 5.41) is 0. The lowest BCUT2D eigenvalue weighted by molar-refractivity contribution is -0.144. The zero-order valence-corrected chi connectivity index (χ0v) is 11.7. The summed E-state index contributed by atoms with van der Waals surface area (Å²) in [5.74, 6) is 0.336. The molecule has 0 unspecified atom stereocenters. The van der Waals surface area contributed by atoms with Crippen molar-refractivity contribution in [3.8, 4) is 0 Å². The minimum atomic E-state index is -0.0570. The first kappa shape index (κ1) is 16.2. The molecule has 0 bridgehead atoms. The molecule has 0 aliphatic rings. The molecule has 0 atom stereocenters. The first-order chi connectivity index (χ1) is 8.16. The van der Waals surface area contributed by atoms with E-state index in [1.807, 2.05) is 13.8 Å². The van der Waals surface area contributed by atoms with Gasteiger partial charge in [0.1, 0.15) is 0 Å². The van der Waals surface area contributed by atoms with Crippen LogP contribution in [0.25, 0.3) is 0 Å². The van der Waals surface area contributed by atoms with Gasteiger partial charge in [0.05, 0.1) is 6.61 Å². The van der Waals surface area contributed by atoms with E-state index in [1.165, 1.54) is 19.3 Å². The molecule has 0 saturated heterocycles. The molecule has 0 aromatic heterocycles. The van der Waals surface area contributed by atoms with Crippen molar-refractivity contribution < 1.29 is 9.53 Å². The van der Waals surface area contributed by atoms with E-state index in [0.717, 1.165) is 19.3 Å². The van der Waals surface area contributed by atoms with Gasteiger partial charge < -0.3 is 4.74 Å². The third-order valence-corrected chi connectivity index (χ3v) is 2.49. The van der Waals surface area contributed by atoms with Crippen LogP contribution in [0.15, 0.2) is 12.2 Å². The Hall–Kier alpha value is -0.790. The molecule has 0 saturated carbocycles. The summed E-state index contributed by atoms with van der Waals surface area (Å²) in [6.07, 6.45) is 12.0. The van der Waals surface area contributed by atoms with Gasteiger partial charge in [0.15, 0.2) is 0 Å². The molecular weight excluding hydrogens is 212 g/mol. The highest BCUT2D eigenvalue weighted by molar-refractivity contribution is 5.69. The van der Waals surface area contributed by atoms with E-state index >= 15 is 0 Å². The SMILES string of the molecule is CCCC/C=C/CCCCOC(=O)CC(C)C. The highest BCUT2D eigenvalue weighted by Crippen LogP contribution is 2.04. The second-order valence-electron chi connectivity index (χ2n) is 4.93. The Balaban J connectivity index is 3.23. The van der Waals surface area contributed by atoms with Crippen LogP contribution < -0.4 is 0 Å². The Morgan fingerprint density at radius 3 is 2.35 bits per heavy atom. The van der Waals surface area contributed by atoms with Crippen molar-refractivity contribution in [2.75, 3.05) is 6.61 Å². The molecule has 0 aliphatic carbocycles. The molecule has 0 aliphatic heterocycles. The monoisotopic (exact) mass is 240 g/mol. The minimum Gasteiger partial charge on any atom is -0.466 e. The van der Waals surface area contributed by atoms with E-state index < -0.39 is 0 Å². The predicted octanol–water partition coefficient (Wildman–Crippen LogP) is 4.49. The second kappa shape index (κ2) is 11.7. The molecule has 0 aromatic rings. The molecule has 0 spiro atoms. The Bertz CT molecular complexity index is 207. The normalized spacial score (nSPS) is 11.3. The van der Waals surface area contributed by atoms with Crippen LogP contribution in [-0.4, -0.2) is 12.6 Å². The lowest BCUT2D eigenvalue weighted by Gasteiger charge is -2.05. The van der Waals surface area contributed by atoms with E-state index in [4.69, 9.17) is 4.74 Å². The summed E-state index contributed by atoms with van der Waals surface area (Å²) in [5.41, 5.74) is 0. The number of carbonyl (C=O) groups is 1. The number of rotatable bonds is 10. The molecule has 0 aromatic carbocycles. The average Bonchev–Trinajstić information content (AvgIpc) is 2.26.